The van der Waals surface area contributed by atoms with E-state index in [4.69, 9.17) is 10.8 Å². The predicted molar refractivity (Wildman–Crippen MR) is 47.1 cm³/mol. The second kappa shape index (κ2) is 4.63. The van der Waals surface area contributed by atoms with Crippen LogP contribution in [0.5, 0.6) is 0 Å². The predicted octanol–water partition coefficient (Wildman–Crippen LogP) is -0.930. The highest BCUT2D eigenvalue weighted by Gasteiger charge is 2.09. The van der Waals surface area contributed by atoms with Crippen molar-refractivity contribution < 1.29 is 13.5 Å². The summed E-state index contributed by atoms with van der Waals surface area (Å²) in [7, 11) is -3.14. The zero-order chi connectivity index (χ0) is 8.91. The lowest BCUT2D eigenvalue weighted by atomic mass is 10.5. The van der Waals surface area contributed by atoms with Crippen LogP contribution < -0.4 is 5.73 Å². The van der Waals surface area contributed by atoms with Crippen LogP contribution >= 0.6 is 12.2 Å². The molecule has 0 aromatic heterocycles. The lowest BCUT2D eigenvalue weighted by Gasteiger charge is -1.99. The van der Waals surface area contributed by atoms with Crippen molar-refractivity contribution in [3.63, 3.8) is 0 Å². The number of hydrogen-bond donors (Lipinski definition) is 2. The molecule has 0 aliphatic carbocycles. The van der Waals surface area contributed by atoms with Gasteiger partial charge in [-0.2, -0.15) is 0 Å². The lowest BCUT2D eigenvalue weighted by Crippen LogP contribution is -2.19. The van der Waals surface area contributed by atoms with Crippen molar-refractivity contribution in [3.05, 3.63) is 0 Å². The highest BCUT2D eigenvalue weighted by atomic mass is 32.2. The van der Waals surface area contributed by atoms with Gasteiger partial charge in [0.05, 0.1) is 23.1 Å². The Morgan fingerprint density at radius 3 is 2.36 bits per heavy atom. The quantitative estimate of drug-likeness (QED) is 0.557. The number of rotatable bonds is 5. The molecule has 4 nitrogen and oxygen atoms in total. The molecule has 0 saturated heterocycles. The van der Waals surface area contributed by atoms with Crippen molar-refractivity contribution in [2.24, 2.45) is 5.73 Å². The van der Waals surface area contributed by atoms with Crippen molar-refractivity contribution in [3.8, 4) is 0 Å². The normalized spacial score (nSPS) is 11.4. The molecule has 3 N–H and O–H groups in total. The Balaban J connectivity index is 3.84. The smallest absolute Gasteiger partial charge is 0.152 e. The minimum atomic E-state index is -3.14. The fraction of sp³-hybridized carbons (Fsp3) is 0.800. The number of sulfone groups is 1. The van der Waals surface area contributed by atoms with Crippen LogP contribution in [0.15, 0.2) is 0 Å². The maximum absolute atomic E-state index is 10.9. The molecule has 66 valence electrons. The highest BCUT2D eigenvalue weighted by molar-refractivity contribution is 7.91. The van der Waals surface area contributed by atoms with Crippen molar-refractivity contribution in [1.29, 1.82) is 0 Å². The Labute approximate surface area is 71.3 Å². The van der Waals surface area contributed by atoms with E-state index in [-0.39, 0.29) is 29.5 Å². The van der Waals surface area contributed by atoms with Gasteiger partial charge < -0.3 is 10.8 Å². The molecule has 0 heterocycles. The standard InChI is InChI=1S/C5H11NO3S2/c6-5(10)1-3-11(8,9)4-2-7/h7H,1-4H2,(H2,6,10). The van der Waals surface area contributed by atoms with Gasteiger partial charge in [0, 0.05) is 6.42 Å². The van der Waals surface area contributed by atoms with Crippen LogP contribution in [0.4, 0.5) is 0 Å². The summed E-state index contributed by atoms with van der Waals surface area (Å²) in [6, 6.07) is 0. The number of nitrogens with two attached hydrogens (primary N) is 1. The number of aliphatic hydroxyl groups is 1. The first-order chi connectivity index (χ1) is 4.98. The highest BCUT2D eigenvalue weighted by Crippen LogP contribution is 1.93. The third-order valence-electron chi connectivity index (χ3n) is 1.06. The molecule has 0 aliphatic rings. The van der Waals surface area contributed by atoms with Gasteiger partial charge in [0.1, 0.15) is 0 Å². The molecule has 0 bridgehead atoms. The van der Waals surface area contributed by atoms with Gasteiger partial charge in [-0.25, -0.2) is 8.42 Å². The average Bonchev–Trinajstić information content (AvgIpc) is 1.84. The van der Waals surface area contributed by atoms with Crippen LogP contribution in [0.25, 0.3) is 0 Å². The first-order valence-corrected chi connectivity index (χ1v) is 5.30. The molecule has 0 aromatic carbocycles. The summed E-state index contributed by atoms with van der Waals surface area (Å²) in [5, 5.41) is 8.32. The second-order valence-electron chi connectivity index (χ2n) is 2.09. The summed E-state index contributed by atoms with van der Waals surface area (Å²) in [5.41, 5.74) is 5.10. The monoisotopic (exact) mass is 197 g/mol. The molecule has 0 atom stereocenters. The average molecular weight is 197 g/mol. The molecule has 0 unspecified atom stereocenters. The molecule has 0 aliphatic heterocycles. The van der Waals surface area contributed by atoms with E-state index in [1.807, 2.05) is 0 Å². The molecular formula is C5H11NO3S2. The Bertz CT molecular complexity index is 222. The molecule has 0 fully saturated rings. The SMILES string of the molecule is NC(=S)CCS(=O)(=O)CCO. The Hall–Kier alpha value is -0.200. The molecule has 0 saturated carbocycles. The molecule has 6 heteroatoms. The summed E-state index contributed by atoms with van der Waals surface area (Å²) in [6.45, 7) is -0.348. The summed E-state index contributed by atoms with van der Waals surface area (Å²) < 4.78 is 21.7. The summed E-state index contributed by atoms with van der Waals surface area (Å²) in [4.78, 5) is 0.187. The van der Waals surface area contributed by atoms with E-state index in [0.29, 0.717) is 0 Å². The van der Waals surface area contributed by atoms with Gasteiger partial charge in [0.2, 0.25) is 0 Å². The van der Waals surface area contributed by atoms with E-state index >= 15 is 0 Å². The molecule has 0 aromatic rings. The Morgan fingerprint density at radius 2 is 2.00 bits per heavy atom. The molecule has 11 heavy (non-hydrogen) atoms. The van der Waals surface area contributed by atoms with Crippen LogP contribution in [0.2, 0.25) is 0 Å². The fourth-order valence-electron chi connectivity index (χ4n) is 0.497. The van der Waals surface area contributed by atoms with E-state index in [0.717, 1.165) is 0 Å². The van der Waals surface area contributed by atoms with Gasteiger partial charge >= 0.3 is 0 Å². The Kier molecular flexibility index (Phi) is 4.55. The third-order valence-corrected chi connectivity index (χ3v) is 2.90. The van der Waals surface area contributed by atoms with E-state index in [1.54, 1.807) is 0 Å². The summed E-state index contributed by atoms with van der Waals surface area (Å²) in [6.07, 6.45) is 0.192. The van der Waals surface area contributed by atoms with Crippen molar-refractivity contribution in [2.75, 3.05) is 18.1 Å². The van der Waals surface area contributed by atoms with E-state index < -0.39 is 9.84 Å². The minimum Gasteiger partial charge on any atom is -0.395 e. The van der Waals surface area contributed by atoms with Gasteiger partial charge in [0.15, 0.2) is 9.84 Å². The second-order valence-corrected chi connectivity index (χ2v) is 4.92. The zero-order valence-corrected chi connectivity index (χ0v) is 7.62. The van der Waals surface area contributed by atoms with E-state index in [9.17, 15) is 8.42 Å². The Morgan fingerprint density at radius 1 is 1.45 bits per heavy atom. The van der Waals surface area contributed by atoms with Gasteiger partial charge in [-0.15, -0.1) is 0 Å². The van der Waals surface area contributed by atoms with E-state index in [1.165, 1.54) is 0 Å². The third kappa shape index (κ3) is 6.21. The molecule has 0 rings (SSSR count). The fourth-order valence-corrected chi connectivity index (χ4v) is 1.74. The van der Waals surface area contributed by atoms with Crippen molar-refractivity contribution >= 4 is 27.0 Å². The largest absolute Gasteiger partial charge is 0.395 e. The molecule has 0 spiro atoms. The van der Waals surface area contributed by atoms with Crippen LogP contribution in [-0.2, 0) is 9.84 Å². The first-order valence-electron chi connectivity index (χ1n) is 3.07. The first kappa shape index (κ1) is 10.8. The van der Waals surface area contributed by atoms with Gasteiger partial charge in [-0.1, -0.05) is 12.2 Å². The van der Waals surface area contributed by atoms with E-state index in [2.05, 4.69) is 12.2 Å². The molecular weight excluding hydrogens is 186 g/mol. The van der Waals surface area contributed by atoms with Gasteiger partial charge in [-0.05, 0) is 0 Å². The van der Waals surface area contributed by atoms with Crippen LogP contribution in [0, 0.1) is 0 Å². The molecule has 0 amide bonds. The van der Waals surface area contributed by atoms with Crippen molar-refractivity contribution in [1.82, 2.24) is 0 Å². The van der Waals surface area contributed by atoms with Crippen LogP contribution in [-0.4, -0.2) is 36.6 Å². The summed E-state index contributed by atoms with van der Waals surface area (Å²) >= 11 is 4.50. The van der Waals surface area contributed by atoms with Crippen LogP contribution in [0.3, 0.4) is 0 Å². The molecule has 0 radical (unpaired) electrons. The van der Waals surface area contributed by atoms with Crippen molar-refractivity contribution in [2.45, 2.75) is 6.42 Å². The number of hydrogen-bond acceptors (Lipinski definition) is 4. The van der Waals surface area contributed by atoms with Crippen LogP contribution in [0.1, 0.15) is 6.42 Å². The maximum atomic E-state index is 10.9. The maximum Gasteiger partial charge on any atom is 0.152 e. The minimum absolute atomic E-state index is 0.0666. The number of aliphatic hydroxyl groups excluding tert-OH is 1. The summed E-state index contributed by atoms with van der Waals surface area (Å²) in [5.74, 6) is -0.279. The van der Waals surface area contributed by atoms with Gasteiger partial charge in [0.25, 0.3) is 0 Å². The lowest BCUT2D eigenvalue weighted by molar-refractivity contribution is 0.319. The topological polar surface area (TPSA) is 80.4 Å². The zero-order valence-electron chi connectivity index (χ0n) is 5.99. The number of thiocarbonyl (C=S) groups is 1. The van der Waals surface area contributed by atoms with Gasteiger partial charge in [-0.3, -0.25) is 0 Å².